The Morgan fingerprint density at radius 3 is 2.78 bits per heavy atom. The molecule has 3 heterocycles. The molecule has 10 heteroatoms. The molecule has 1 saturated heterocycles. The second-order valence-electron chi connectivity index (χ2n) is 8.93. The summed E-state index contributed by atoms with van der Waals surface area (Å²) in [6.07, 6.45) is 5.52. The van der Waals surface area contributed by atoms with Gasteiger partial charge in [-0.25, -0.2) is 23.4 Å². The minimum Gasteiger partial charge on any atom is -0.493 e. The van der Waals surface area contributed by atoms with Gasteiger partial charge in [0.25, 0.3) is 5.96 Å². The van der Waals surface area contributed by atoms with Crippen LogP contribution in [0.2, 0.25) is 0 Å². The Morgan fingerprint density at radius 2 is 2.03 bits per heavy atom. The van der Waals surface area contributed by atoms with E-state index in [-0.39, 0.29) is 18.3 Å². The van der Waals surface area contributed by atoms with Crippen molar-refractivity contribution in [2.75, 3.05) is 32.8 Å². The molecule has 0 radical (unpaired) electrons. The SMILES string of the molecule is NC=NC(=Nc1ccc(F)cc1F)n1cc2c(n1)-c1cc(C3CCN(CCO)CC3)ccc1OCC2. The average Bonchev–Trinajstić information content (AvgIpc) is 3.22. The minimum atomic E-state index is -0.804. The summed E-state index contributed by atoms with van der Waals surface area (Å²) in [7, 11) is 0. The maximum Gasteiger partial charge on any atom is 0.252 e. The highest BCUT2D eigenvalue weighted by Gasteiger charge is 2.25. The number of rotatable bonds is 4. The first-order valence-corrected chi connectivity index (χ1v) is 12.0. The molecule has 2 aliphatic rings. The van der Waals surface area contributed by atoms with Gasteiger partial charge in [0, 0.05) is 36.4 Å². The second kappa shape index (κ2) is 10.5. The summed E-state index contributed by atoms with van der Waals surface area (Å²) in [4.78, 5) is 10.6. The lowest BCUT2D eigenvalue weighted by Crippen LogP contribution is -2.34. The number of halogens is 2. The van der Waals surface area contributed by atoms with Gasteiger partial charge < -0.3 is 20.5 Å². The molecule has 0 spiro atoms. The predicted molar refractivity (Wildman–Crippen MR) is 134 cm³/mol. The molecule has 0 unspecified atom stereocenters. The van der Waals surface area contributed by atoms with E-state index in [0.717, 1.165) is 67.0 Å². The van der Waals surface area contributed by atoms with E-state index in [1.165, 1.54) is 16.3 Å². The lowest BCUT2D eigenvalue weighted by molar-refractivity contribution is 0.164. The number of hydrogen-bond acceptors (Lipinski definition) is 5. The minimum absolute atomic E-state index is 0.0611. The van der Waals surface area contributed by atoms with Crippen molar-refractivity contribution in [2.24, 2.45) is 15.7 Å². The maximum absolute atomic E-state index is 14.2. The Hall–Kier alpha value is -3.63. The van der Waals surface area contributed by atoms with E-state index >= 15 is 0 Å². The highest BCUT2D eigenvalue weighted by molar-refractivity contribution is 5.91. The summed E-state index contributed by atoms with van der Waals surface area (Å²) in [5.41, 5.74) is 9.28. The zero-order chi connectivity index (χ0) is 25.1. The maximum atomic E-state index is 14.2. The van der Waals surface area contributed by atoms with Crippen LogP contribution in [0.4, 0.5) is 14.5 Å². The number of aliphatic hydroxyl groups excluding tert-OH is 1. The predicted octanol–water partition coefficient (Wildman–Crippen LogP) is 3.46. The fourth-order valence-corrected chi connectivity index (χ4v) is 4.82. The highest BCUT2D eigenvalue weighted by atomic mass is 19.1. The van der Waals surface area contributed by atoms with Crippen LogP contribution in [0.25, 0.3) is 11.3 Å². The Labute approximate surface area is 207 Å². The van der Waals surface area contributed by atoms with Gasteiger partial charge in [0.2, 0.25) is 0 Å². The van der Waals surface area contributed by atoms with Crippen molar-refractivity contribution >= 4 is 18.0 Å². The number of nitrogens with zero attached hydrogens (tertiary/aromatic N) is 5. The molecule has 0 aliphatic carbocycles. The number of β-amino-alcohol motifs (C(OH)–C–C–N with tert-alkyl or cyclic N) is 1. The van der Waals surface area contributed by atoms with Crippen LogP contribution in [0.15, 0.2) is 52.6 Å². The number of hydrogen-bond donors (Lipinski definition) is 2. The molecule has 36 heavy (non-hydrogen) atoms. The van der Waals surface area contributed by atoms with Crippen molar-refractivity contribution in [2.45, 2.75) is 25.2 Å². The lowest BCUT2D eigenvalue weighted by Gasteiger charge is -2.31. The molecule has 2 aliphatic heterocycles. The van der Waals surface area contributed by atoms with Gasteiger partial charge in [-0.3, -0.25) is 0 Å². The van der Waals surface area contributed by atoms with E-state index < -0.39 is 11.6 Å². The number of aliphatic hydroxyl groups is 1. The number of aliphatic imine (C=N–C) groups is 2. The molecule has 0 amide bonds. The van der Waals surface area contributed by atoms with Gasteiger partial charge in [-0.05, 0) is 61.7 Å². The number of ether oxygens (including phenoxy) is 1. The number of benzene rings is 2. The van der Waals surface area contributed by atoms with Gasteiger partial charge in [-0.2, -0.15) is 5.10 Å². The van der Waals surface area contributed by atoms with E-state index in [2.05, 4.69) is 27.0 Å². The van der Waals surface area contributed by atoms with Gasteiger partial charge in [0.05, 0.1) is 25.2 Å². The molecule has 8 nitrogen and oxygen atoms in total. The molecule has 1 aromatic heterocycles. The van der Waals surface area contributed by atoms with E-state index in [1.54, 1.807) is 6.20 Å². The molecular formula is C26H28F2N6O2. The molecule has 3 N–H and O–H groups in total. The van der Waals surface area contributed by atoms with Crippen molar-refractivity contribution in [3.8, 4) is 17.0 Å². The topological polar surface area (TPSA) is 101 Å². The third-order valence-corrected chi connectivity index (χ3v) is 6.68. The van der Waals surface area contributed by atoms with Crippen molar-refractivity contribution in [1.29, 1.82) is 0 Å². The Morgan fingerprint density at radius 1 is 1.19 bits per heavy atom. The summed E-state index contributed by atoms with van der Waals surface area (Å²) >= 11 is 0. The van der Waals surface area contributed by atoms with Crippen LogP contribution in [-0.2, 0) is 6.42 Å². The first-order chi connectivity index (χ1) is 17.6. The van der Waals surface area contributed by atoms with Gasteiger partial charge in [0.1, 0.15) is 17.3 Å². The van der Waals surface area contributed by atoms with Crippen LogP contribution in [0.5, 0.6) is 5.75 Å². The highest BCUT2D eigenvalue weighted by Crippen LogP contribution is 2.38. The van der Waals surface area contributed by atoms with Crippen LogP contribution in [-0.4, -0.2) is 64.9 Å². The smallest absolute Gasteiger partial charge is 0.252 e. The number of piperidine rings is 1. The Kier molecular flexibility index (Phi) is 7.06. The normalized spacial score (nSPS) is 17.0. The van der Waals surface area contributed by atoms with Gasteiger partial charge >= 0.3 is 0 Å². The van der Waals surface area contributed by atoms with Crippen LogP contribution in [0, 0.1) is 11.6 Å². The van der Waals surface area contributed by atoms with Gasteiger partial charge in [0.15, 0.2) is 5.82 Å². The summed E-state index contributed by atoms with van der Waals surface area (Å²) in [5, 5.41) is 14.0. The van der Waals surface area contributed by atoms with Crippen molar-refractivity contribution < 1.29 is 18.6 Å². The van der Waals surface area contributed by atoms with E-state index in [9.17, 15) is 13.9 Å². The van der Waals surface area contributed by atoms with Crippen LogP contribution in [0.1, 0.15) is 29.9 Å². The van der Waals surface area contributed by atoms with Gasteiger partial charge in [-0.15, -0.1) is 0 Å². The van der Waals surface area contributed by atoms with Crippen LogP contribution >= 0.6 is 0 Å². The fraction of sp³-hybridized carbons (Fsp3) is 0.346. The first-order valence-electron chi connectivity index (χ1n) is 12.0. The van der Waals surface area contributed by atoms with Crippen LogP contribution in [0.3, 0.4) is 0 Å². The van der Waals surface area contributed by atoms with Crippen LogP contribution < -0.4 is 10.5 Å². The molecule has 188 valence electrons. The van der Waals surface area contributed by atoms with E-state index in [4.69, 9.17) is 15.6 Å². The van der Waals surface area contributed by atoms with E-state index in [1.807, 2.05) is 6.07 Å². The average molecular weight is 495 g/mol. The zero-order valence-electron chi connectivity index (χ0n) is 19.8. The largest absolute Gasteiger partial charge is 0.493 e. The molecule has 0 atom stereocenters. The summed E-state index contributed by atoms with van der Waals surface area (Å²) in [6.45, 7) is 3.29. The number of fused-ring (bicyclic) bond motifs is 3. The molecule has 2 aromatic carbocycles. The standard InChI is InChI=1S/C26H28F2N6O2/c27-20-2-3-23(22(28)14-20)31-26(30-16-29)34-15-19-7-12-36-24-4-1-18(13-21(24)25(19)32-34)17-5-8-33(9-6-17)10-11-35/h1-4,13-17,35H,5-12H2,(H2,29,30,31). The number of likely N-dealkylation sites (tertiary alicyclic amines) is 1. The number of aromatic nitrogens is 2. The summed E-state index contributed by atoms with van der Waals surface area (Å²) in [6, 6.07) is 9.41. The molecule has 1 fully saturated rings. The third-order valence-electron chi connectivity index (χ3n) is 6.68. The summed E-state index contributed by atoms with van der Waals surface area (Å²) < 4.78 is 35.0. The third kappa shape index (κ3) is 5.00. The number of nitrogens with two attached hydrogens (primary N) is 1. The monoisotopic (exact) mass is 494 g/mol. The zero-order valence-corrected chi connectivity index (χ0v) is 19.8. The van der Waals surface area contributed by atoms with Crippen molar-refractivity contribution in [1.82, 2.24) is 14.7 Å². The molecule has 5 rings (SSSR count). The van der Waals surface area contributed by atoms with E-state index in [0.29, 0.717) is 25.5 Å². The Balaban J connectivity index is 1.49. The fourth-order valence-electron chi connectivity index (χ4n) is 4.82. The Bertz CT molecular complexity index is 1300. The lowest BCUT2D eigenvalue weighted by atomic mass is 9.88. The molecular weight excluding hydrogens is 466 g/mol. The first kappa shape index (κ1) is 24.1. The second-order valence-corrected chi connectivity index (χ2v) is 8.93. The van der Waals surface area contributed by atoms with Gasteiger partial charge in [-0.1, -0.05) is 6.07 Å². The molecule has 0 bridgehead atoms. The molecule has 0 saturated carbocycles. The molecule has 3 aromatic rings. The quantitative estimate of drug-likeness (QED) is 0.427. The summed E-state index contributed by atoms with van der Waals surface area (Å²) in [5.74, 6) is -0.259. The van der Waals surface area contributed by atoms with Crippen molar-refractivity contribution in [3.05, 3.63) is 65.4 Å². The van der Waals surface area contributed by atoms with Crippen molar-refractivity contribution in [3.63, 3.8) is 0 Å².